The summed E-state index contributed by atoms with van der Waals surface area (Å²) in [5, 5.41) is 0. The van der Waals surface area contributed by atoms with Crippen LogP contribution in [0.1, 0.15) is 6.42 Å². The van der Waals surface area contributed by atoms with Crippen molar-refractivity contribution < 1.29 is 14.3 Å². The van der Waals surface area contributed by atoms with Gasteiger partial charge in [-0.2, -0.15) is 0 Å². The van der Waals surface area contributed by atoms with Crippen LogP contribution in [-0.4, -0.2) is 55.9 Å². The number of pyridine rings is 1. The van der Waals surface area contributed by atoms with Crippen LogP contribution in [0.2, 0.25) is 0 Å². The smallest absolute Gasteiger partial charge is 0.250 e. The molecule has 0 aromatic carbocycles. The number of carbonyl (C=O) groups is 1. The first-order chi connectivity index (χ1) is 10.1. The monoisotopic (exact) mass is 360 g/mol. The highest BCUT2D eigenvalue weighted by atomic mass is 79.9. The quantitative estimate of drug-likeness (QED) is 0.662. The van der Waals surface area contributed by atoms with E-state index < -0.39 is 0 Å². The van der Waals surface area contributed by atoms with Crippen molar-refractivity contribution in [2.75, 3.05) is 40.5 Å². The Kier molecular flexibility index (Phi) is 8.26. The average molecular weight is 361 g/mol. The summed E-state index contributed by atoms with van der Waals surface area (Å²) in [6.45, 7) is 2.35. The third kappa shape index (κ3) is 6.41. The molecule has 21 heavy (non-hydrogen) atoms. The van der Waals surface area contributed by atoms with E-state index in [9.17, 15) is 9.59 Å². The summed E-state index contributed by atoms with van der Waals surface area (Å²) in [6, 6.07) is 3.16. The number of hydrogen-bond donors (Lipinski definition) is 0. The van der Waals surface area contributed by atoms with Gasteiger partial charge in [-0.1, -0.05) is 0 Å². The van der Waals surface area contributed by atoms with E-state index in [1.165, 1.54) is 10.6 Å². The van der Waals surface area contributed by atoms with Crippen molar-refractivity contribution in [2.45, 2.75) is 13.0 Å². The molecule has 0 aliphatic heterocycles. The van der Waals surface area contributed by atoms with Gasteiger partial charge < -0.3 is 18.9 Å². The molecule has 118 valence electrons. The van der Waals surface area contributed by atoms with Gasteiger partial charge >= 0.3 is 0 Å². The largest absolute Gasteiger partial charge is 0.383 e. The van der Waals surface area contributed by atoms with Crippen LogP contribution in [0, 0.1) is 0 Å². The van der Waals surface area contributed by atoms with Crippen molar-refractivity contribution in [1.29, 1.82) is 0 Å². The molecule has 0 saturated carbocycles. The van der Waals surface area contributed by atoms with Crippen molar-refractivity contribution in [3.05, 3.63) is 33.2 Å². The van der Waals surface area contributed by atoms with Gasteiger partial charge in [-0.15, -0.1) is 0 Å². The third-order valence-corrected chi connectivity index (χ3v) is 3.47. The molecule has 1 aromatic heterocycles. The molecule has 0 atom stereocenters. The Labute approximate surface area is 132 Å². The van der Waals surface area contributed by atoms with E-state index in [2.05, 4.69) is 15.9 Å². The fourth-order valence-corrected chi connectivity index (χ4v) is 2.19. The maximum absolute atomic E-state index is 12.2. The lowest BCUT2D eigenvalue weighted by Gasteiger charge is -2.22. The fourth-order valence-electron chi connectivity index (χ4n) is 1.82. The van der Waals surface area contributed by atoms with Gasteiger partial charge in [0.25, 0.3) is 5.56 Å². The van der Waals surface area contributed by atoms with E-state index in [1.807, 2.05) is 0 Å². The minimum Gasteiger partial charge on any atom is -0.383 e. The van der Waals surface area contributed by atoms with Crippen LogP contribution in [0.15, 0.2) is 27.6 Å². The van der Waals surface area contributed by atoms with Gasteiger partial charge in [0.05, 0.1) is 13.2 Å². The zero-order chi connectivity index (χ0) is 15.7. The first-order valence-corrected chi connectivity index (χ1v) is 7.49. The number of methoxy groups -OCH3 is 2. The summed E-state index contributed by atoms with van der Waals surface area (Å²) in [7, 11) is 3.19. The Bertz CT molecular complexity index is 496. The fraction of sp³-hybridized carbons (Fsp3) is 0.571. The topological polar surface area (TPSA) is 60.8 Å². The Morgan fingerprint density at radius 1 is 1.24 bits per heavy atom. The summed E-state index contributed by atoms with van der Waals surface area (Å²) in [4.78, 5) is 25.6. The predicted octanol–water partition coefficient (Wildman–Crippen LogP) is 1.12. The predicted molar refractivity (Wildman–Crippen MR) is 83.4 cm³/mol. The number of rotatable bonds is 9. The molecule has 0 bridgehead atoms. The number of halogens is 1. The summed E-state index contributed by atoms with van der Waals surface area (Å²) in [5.74, 6) is -0.0176. The summed E-state index contributed by atoms with van der Waals surface area (Å²) >= 11 is 3.31. The molecule has 0 fully saturated rings. The molecule has 6 nitrogen and oxygen atoms in total. The van der Waals surface area contributed by atoms with Gasteiger partial charge in [-0.05, 0) is 22.0 Å². The second kappa shape index (κ2) is 9.70. The minimum atomic E-state index is -0.119. The molecule has 1 amide bonds. The van der Waals surface area contributed by atoms with Crippen molar-refractivity contribution in [3.63, 3.8) is 0 Å². The summed E-state index contributed by atoms with van der Waals surface area (Å²) < 4.78 is 12.3. The van der Waals surface area contributed by atoms with Crippen LogP contribution in [-0.2, 0) is 20.8 Å². The van der Waals surface area contributed by atoms with Gasteiger partial charge in [0.2, 0.25) is 5.91 Å². The maximum atomic E-state index is 12.2. The van der Waals surface area contributed by atoms with Crippen LogP contribution in [0.5, 0.6) is 0 Å². The molecule has 1 aromatic rings. The number of carbonyl (C=O) groups excluding carboxylic acids is 1. The molecule has 0 unspecified atom stereocenters. The zero-order valence-corrected chi connectivity index (χ0v) is 14.0. The Balaban J connectivity index is 2.59. The van der Waals surface area contributed by atoms with Crippen LogP contribution >= 0.6 is 15.9 Å². The molecule has 0 aliphatic carbocycles. The lowest BCUT2D eigenvalue weighted by atomic mass is 10.3. The molecular weight excluding hydrogens is 340 g/mol. The molecule has 7 heteroatoms. The number of hydrogen-bond acceptors (Lipinski definition) is 4. The van der Waals surface area contributed by atoms with Crippen molar-refractivity contribution in [2.24, 2.45) is 0 Å². The van der Waals surface area contributed by atoms with Crippen molar-refractivity contribution >= 4 is 21.8 Å². The normalized spacial score (nSPS) is 10.6. The molecule has 0 aliphatic rings. The van der Waals surface area contributed by atoms with Crippen molar-refractivity contribution in [1.82, 2.24) is 9.47 Å². The maximum Gasteiger partial charge on any atom is 0.250 e. The Hall–Kier alpha value is -1.18. The van der Waals surface area contributed by atoms with E-state index in [-0.39, 0.29) is 17.9 Å². The van der Waals surface area contributed by atoms with Crippen LogP contribution in [0.25, 0.3) is 0 Å². The average Bonchev–Trinajstić information content (AvgIpc) is 2.48. The van der Waals surface area contributed by atoms with Crippen molar-refractivity contribution in [3.8, 4) is 0 Å². The number of aromatic nitrogens is 1. The summed E-state index contributed by atoms with van der Waals surface area (Å²) in [6.07, 6.45) is 1.95. The number of aryl methyl sites for hydroxylation is 1. The molecule has 0 saturated heterocycles. The highest BCUT2D eigenvalue weighted by Crippen LogP contribution is 2.06. The molecular formula is C14H21BrN2O4. The minimum absolute atomic E-state index is 0.0176. The van der Waals surface area contributed by atoms with E-state index in [1.54, 1.807) is 31.4 Å². The molecule has 1 heterocycles. The van der Waals surface area contributed by atoms with Crippen LogP contribution < -0.4 is 5.56 Å². The van der Waals surface area contributed by atoms with Crippen LogP contribution in [0.4, 0.5) is 0 Å². The molecule has 0 radical (unpaired) electrons. The van der Waals surface area contributed by atoms with Gasteiger partial charge in [0.1, 0.15) is 0 Å². The third-order valence-electron chi connectivity index (χ3n) is 3.00. The zero-order valence-electron chi connectivity index (χ0n) is 12.4. The van der Waals surface area contributed by atoms with E-state index in [0.717, 1.165) is 4.47 Å². The Morgan fingerprint density at radius 2 is 1.86 bits per heavy atom. The SMILES string of the molecule is COCCN(CCOC)C(=O)CCn1cc(Br)ccc1=O. The van der Waals surface area contributed by atoms with Gasteiger partial charge in [0, 0.05) is 57.0 Å². The second-order valence-electron chi connectivity index (χ2n) is 4.50. The standard InChI is InChI=1S/C14H21BrN2O4/c1-20-9-7-16(8-10-21-2)14(19)5-6-17-11-12(15)3-4-13(17)18/h3-4,11H,5-10H2,1-2H3. The molecule has 1 rings (SSSR count). The number of amides is 1. The highest BCUT2D eigenvalue weighted by molar-refractivity contribution is 9.10. The first-order valence-electron chi connectivity index (χ1n) is 6.70. The summed E-state index contributed by atoms with van der Waals surface area (Å²) in [5.41, 5.74) is -0.119. The number of ether oxygens (including phenoxy) is 2. The molecule has 0 N–H and O–H groups in total. The lowest BCUT2D eigenvalue weighted by Crippen LogP contribution is -2.37. The van der Waals surface area contributed by atoms with Gasteiger partial charge in [0.15, 0.2) is 0 Å². The second-order valence-corrected chi connectivity index (χ2v) is 5.41. The Morgan fingerprint density at radius 3 is 2.43 bits per heavy atom. The van der Waals surface area contributed by atoms with E-state index >= 15 is 0 Å². The van der Waals surface area contributed by atoms with Crippen LogP contribution in [0.3, 0.4) is 0 Å². The van der Waals surface area contributed by atoms with E-state index in [4.69, 9.17) is 9.47 Å². The first kappa shape index (κ1) is 17.9. The lowest BCUT2D eigenvalue weighted by molar-refractivity contribution is -0.132. The van der Waals surface area contributed by atoms with Gasteiger partial charge in [-0.3, -0.25) is 9.59 Å². The van der Waals surface area contributed by atoms with E-state index in [0.29, 0.717) is 32.8 Å². The highest BCUT2D eigenvalue weighted by Gasteiger charge is 2.13. The van der Waals surface area contributed by atoms with Gasteiger partial charge in [-0.25, -0.2) is 0 Å². The number of nitrogens with zero attached hydrogens (tertiary/aromatic N) is 2. The molecule has 0 spiro atoms.